The number of carbonyl (C=O) groups is 1. The van der Waals surface area contributed by atoms with Gasteiger partial charge in [-0.1, -0.05) is 24.2 Å². The van der Waals surface area contributed by atoms with E-state index in [4.69, 9.17) is 26.6 Å². The van der Waals surface area contributed by atoms with E-state index in [0.29, 0.717) is 95.2 Å². The number of H-pyrrole nitrogens is 1. The lowest BCUT2D eigenvalue weighted by Gasteiger charge is -2.34. The van der Waals surface area contributed by atoms with Gasteiger partial charge in [-0.25, -0.2) is 22.3 Å². The lowest BCUT2D eigenvalue weighted by atomic mass is 9.91. The van der Waals surface area contributed by atoms with Gasteiger partial charge < -0.3 is 14.2 Å². The van der Waals surface area contributed by atoms with Gasteiger partial charge in [-0.05, 0) is 135 Å². The monoisotopic (exact) mass is 903 g/mol. The molecule has 7 heterocycles. The van der Waals surface area contributed by atoms with Gasteiger partial charge in [0.1, 0.15) is 22.9 Å². The Bertz CT molecular complexity index is 3290. The van der Waals surface area contributed by atoms with Gasteiger partial charge in [-0.3, -0.25) is 28.2 Å². The number of aromatic nitrogens is 7. The largest absolute Gasteiger partial charge is 0.438 e. The van der Waals surface area contributed by atoms with Crippen LogP contribution in [0.25, 0.3) is 28.1 Å². The Hall–Kier alpha value is -6.11. The Balaban J connectivity index is 1.05. The molecule has 11 rings (SSSR count). The van der Waals surface area contributed by atoms with Crippen LogP contribution in [0.2, 0.25) is 0 Å². The topological polar surface area (TPSA) is 167 Å². The molecule has 4 aromatic heterocycles. The van der Waals surface area contributed by atoms with Gasteiger partial charge in [0, 0.05) is 60.7 Å². The van der Waals surface area contributed by atoms with Crippen LogP contribution in [0.1, 0.15) is 94.9 Å². The number of imidazole rings is 1. The summed E-state index contributed by atoms with van der Waals surface area (Å²) in [5.74, 6) is 0.215. The first-order chi connectivity index (χ1) is 30.7. The van der Waals surface area contributed by atoms with Gasteiger partial charge in [-0.2, -0.15) is 5.10 Å². The molecule has 0 bridgehead atoms. The number of ether oxygens (including phenoxy) is 1. The molecule has 1 saturated heterocycles. The van der Waals surface area contributed by atoms with Crippen molar-refractivity contribution in [2.24, 2.45) is 5.92 Å². The van der Waals surface area contributed by atoms with Crippen molar-refractivity contribution in [3.63, 3.8) is 0 Å². The molecule has 1 aliphatic carbocycles. The fourth-order valence-electron chi connectivity index (χ4n) is 10.4. The SMILES string of the molecule is Cc1cc(-n2nc3c(c2-n2ccn(-c4ccc5c(c4)NS(=O)(=O)CC5)c2=S)C(C)N(C(=O)c2cc4cc(C5CCOCC5)ccc4n2C2(c4noc(=O)[nH]4)CC2C)CC3)cc(C)c1F. The maximum atomic E-state index is 15.5. The van der Waals surface area contributed by atoms with Gasteiger partial charge in [0.25, 0.3) is 5.91 Å². The van der Waals surface area contributed by atoms with Crippen molar-refractivity contribution >= 4 is 44.7 Å². The first-order valence-electron chi connectivity index (χ1n) is 21.7. The average Bonchev–Trinajstić information content (AvgIpc) is 3.77. The second-order valence-electron chi connectivity index (χ2n) is 17.8. The Kier molecular flexibility index (Phi) is 9.35. The zero-order valence-corrected chi connectivity index (χ0v) is 37.4. The number of aryl methyl sites for hydroxylation is 3. The standard InChI is InChI=1S/C46H46FN9O6S2/c1-25-19-34(20-26(2)40(25)47)56-41(54-15-14-53(45(54)63)33-7-5-30-12-18-64(59,60)51-36(30)23-33)39-28(4)52(13-9-35(39)49-56)42(57)38-22-32-21-31(29-10-16-61-17-11-29)6-8-37(32)55(38)46(24-27(46)3)43-48-44(58)62-50-43/h5-8,14-15,19-23,27-29,51H,9-13,16-18,24H2,1-4H3,(H,48,50,58). The van der Waals surface area contributed by atoms with Crippen LogP contribution in [0.3, 0.4) is 0 Å². The van der Waals surface area contributed by atoms with Crippen molar-refractivity contribution in [2.75, 3.05) is 30.2 Å². The Morgan fingerprint density at radius 1 is 0.969 bits per heavy atom. The van der Waals surface area contributed by atoms with Crippen molar-refractivity contribution < 1.29 is 26.9 Å². The number of anilines is 1. The van der Waals surface area contributed by atoms with E-state index in [-0.39, 0.29) is 23.4 Å². The van der Waals surface area contributed by atoms with E-state index in [1.165, 1.54) is 5.56 Å². The number of nitrogens with zero attached hydrogens (tertiary/aromatic N) is 7. The molecule has 7 aromatic rings. The van der Waals surface area contributed by atoms with Crippen LogP contribution in [-0.4, -0.2) is 78.4 Å². The third-order valence-corrected chi connectivity index (χ3v) is 15.6. The molecule has 3 unspecified atom stereocenters. The van der Waals surface area contributed by atoms with Gasteiger partial charge in [0.05, 0.1) is 28.9 Å². The summed E-state index contributed by atoms with van der Waals surface area (Å²) in [5, 5.41) is 10.3. The number of amides is 1. The molecule has 4 aliphatic rings. The summed E-state index contributed by atoms with van der Waals surface area (Å²) in [6.45, 7) is 9.28. The van der Waals surface area contributed by atoms with E-state index < -0.39 is 27.4 Å². The maximum Gasteiger partial charge on any atom is 0.438 e. The van der Waals surface area contributed by atoms with Crippen LogP contribution in [0.4, 0.5) is 10.1 Å². The summed E-state index contributed by atoms with van der Waals surface area (Å²) in [6, 6.07) is 17.0. The first kappa shape index (κ1) is 40.7. The lowest BCUT2D eigenvalue weighted by Crippen LogP contribution is -2.41. The number of nitrogens with one attached hydrogen (secondary N) is 2. The van der Waals surface area contributed by atoms with Crippen LogP contribution in [0.15, 0.2) is 76.3 Å². The van der Waals surface area contributed by atoms with Crippen LogP contribution in [-0.2, 0) is 33.1 Å². The zero-order valence-electron chi connectivity index (χ0n) is 35.7. The van der Waals surface area contributed by atoms with Crippen LogP contribution in [0.5, 0.6) is 0 Å². The minimum atomic E-state index is -3.46. The number of sulfonamides is 1. The molecule has 330 valence electrons. The van der Waals surface area contributed by atoms with Crippen molar-refractivity contribution in [3.05, 3.63) is 133 Å². The quantitative estimate of drug-likeness (QED) is 0.156. The van der Waals surface area contributed by atoms with E-state index in [0.717, 1.165) is 40.6 Å². The highest BCUT2D eigenvalue weighted by Gasteiger charge is 2.59. The minimum absolute atomic E-state index is 0.0204. The normalized spacial score (nSPS) is 21.7. The number of benzene rings is 3. The number of aromatic amines is 1. The molecular weight excluding hydrogens is 858 g/mol. The van der Waals surface area contributed by atoms with Gasteiger partial charge >= 0.3 is 5.76 Å². The highest BCUT2D eigenvalue weighted by molar-refractivity contribution is 7.92. The average molecular weight is 904 g/mol. The molecule has 1 amide bonds. The number of rotatable bonds is 7. The van der Waals surface area contributed by atoms with Crippen LogP contribution in [0, 0.1) is 30.4 Å². The number of hydrogen-bond acceptors (Lipinski definition) is 9. The molecule has 64 heavy (non-hydrogen) atoms. The second-order valence-corrected chi connectivity index (χ2v) is 20.0. The molecule has 18 heteroatoms. The summed E-state index contributed by atoms with van der Waals surface area (Å²) in [7, 11) is -3.46. The van der Waals surface area contributed by atoms with E-state index >= 15 is 9.18 Å². The smallest absolute Gasteiger partial charge is 0.381 e. The van der Waals surface area contributed by atoms with Gasteiger partial charge in [0.2, 0.25) is 10.0 Å². The Labute approximate surface area is 372 Å². The Morgan fingerprint density at radius 2 is 1.72 bits per heavy atom. The van der Waals surface area contributed by atoms with E-state index in [2.05, 4.69) is 44.6 Å². The number of hydrogen-bond donors (Lipinski definition) is 2. The molecule has 15 nitrogen and oxygen atoms in total. The molecule has 0 spiro atoms. The highest BCUT2D eigenvalue weighted by atomic mass is 32.2. The minimum Gasteiger partial charge on any atom is -0.381 e. The summed E-state index contributed by atoms with van der Waals surface area (Å²) in [5.41, 5.74) is 6.88. The van der Waals surface area contributed by atoms with E-state index in [1.807, 2.05) is 47.0 Å². The lowest BCUT2D eigenvalue weighted by molar-refractivity contribution is 0.0663. The number of carbonyl (C=O) groups excluding carboxylic acids is 1. The van der Waals surface area contributed by atoms with Crippen molar-refractivity contribution in [3.8, 4) is 17.2 Å². The maximum absolute atomic E-state index is 15.5. The number of halogens is 1. The molecule has 3 aromatic carbocycles. The molecule has 3 aliphatic heterocycles. The number of fused-ring (bicyclic) bond motifs is 3. The summed E-state index contributed by atoms with van der Waals surface area (Å²) >= 11 is 6.21. The van der Waals surface area contributed by atoms with E-state index in [1.54, 1.807) is 41.3 Å². The van der Waals surface area contributed by atoms with Crippen LogP contribution >= 0.6 is 12.2 Å². The third-order valence-electron chi connectivity index (χ3n) is 13.9. The Morgan fingerprint density at radius 3 is 2.44 bits per heavy atom. The van der Waals surface area contributed by atoms with E-state index in [9.17, 15) is 13.2 Å². The second kappa shape index (κ2) is 14.7. The van der Waals surface area contributed by atoms with Gasteiger partial charge in [0.15, 0.2) is 10.6 Å². The molecule has 1 saturated carbocycles. The molecular formula is C46H46FN9O6S2. The molecule has 0 radical (unpaired) electrons. The predicted molar refractivity (Wildman–Crippen MR) is 239 cm³/mol. The predicted octanol–water partition coefficient (Wildman–Crippen LogP) is 7.30. The highest BCUT2D eigenvalue weighted by Crippen LogP contribution is 2.56. The zero-order chi connectivity index (χ0) is 44.4. The summed E-state index contributed by atoms with van der Waals surface area (Å²) in [6.07, 6.45) is 6.96. The fourth-order valence-corrected chi connectivity index (χ4v) is 11.9. The molecule has 3 atom stereocenters. The van der Waals surface area contributed by atoms with Crippen molar-refractivity contribution in [2.45, 2.75) is 77.3 Å². The summed E-state index contributed by atoms with van der Waals surface area (Å²) in [4.78, 5) is 32.6. The first-order valence-corrected chi connectivity index (χ1v) is 23.7. The molecule has 2 fully saturated rings. The van der Waals surface area contributed by atoms with Crippen LogP contribution < -0.4 is 10.5 Å². The van der Waals surface area contributed by atoms with Crippen molar-refractivity contribution in [1.29, 1.82) is 0 Å². The summed E-state index contributed by atoms with van der Waals surface area (Å²) < 4.78 is 61.4. The third kappa shape index (κ3) is 6.35. The van der Waals surface area contributed by atoms with Crippen molar-refractivity contribution in [1.82, 2.24) is 38.5 Å². The van der Waals surface area contributed by atoms with Gasteiger partial charge in [-0.15, -0.1) is 0 Å². The fraction of sp³-hybridized carbons (Fsp3) is 0.370. The molecule has 2 N–H and O–H groups in total.